The molecule has 2 aromatic rings. The maximum atomic E-state index is 11.0. The lowest BCUT2D eigenvalue weighted by Gasteiger charge is -2.43. The van der Waals surface area contributed by atoms with E-state index in [4.69, 9.17) is 18.9 Å². The molecule has 0 bridgehead atoms. The second-order valence-corrected chi connectivity index (χ2v) is 8.97. The van der Waals surface area contributed by atoms with Gasteiger partial charge >= 0.3 is 0 Å². The van der Waals surface area contributed by atoms with Crippen LogP contribution in [0.5, 0.6) is 11.5 Å². The third kappa shape index (κ3) is 3.58. The van der Waals surface area contributed by atoms with Gasteiger partial charge in [0.15, 0.2) is 17.3 Å². The van der Waals surface area contributed by atoms with Crippen molar-refractivity contribution in [3.8, 4) is 11.5 Å². The van der Waals surface area contributed by atoms with Gasteiger partial charge in [0.25, 0.3) is 5.69 Å². The first-order chi connectivity index (χ1) is 15.9. The van der Waals surface area contributed by atoms with Gasteiger partial charge in [0, 0.05) is 30.0 Å². The van der Waals surface area contributed by atoms with E-state index in [-0.39, 0.29) is 23.2 Å². The van der Waals surface area contributed by atoms with Crippen molar-refractivity contribution in [2.45, 2.75) is 36.2 Å². The zero-order valence-electron chi connectivity index (χ0n) is 19.0. The molecule has 0 amide bonds. The maximum absolute atomic E-state index is 11.0. The molecule has 2 saturated heterocycles. The van der Waals surface area contributed by atoms with E-state index < -0.39 is 10.7 Å². The van der Waals surface area contributed by atoms with Gasteiger partial charge in [0.2, 0.25) is 0 Å². The van der Waals surface area contributed by atoms with Crippen LogP contribution in [0.4, 0.5) is 5.69 Å². The van der Waals surface area contributed by atoms with Crippen molar-refractivity contribution in [3.63, 3.8) is 0 Å². The van der Waals surface area contributed by atoms with Crippen molar-refractivity contribution in [3.05, 3.63) is 75.9 Å². The van der Waals surface area contributed by atoms with Crippen LogP contribution in [0.3, 0.4) is 0 Å². The predicted octanol–water partition coefficient (Wildman–Crippen LogP) is 4.00. The summed E-state index contributed by atoms with van der Waals surface area (Å²) < 4.78 is 23.7. The fourth-order valence-corrected chi connectivity index (χ4v) is 5.48. The minimum Gasteiger partial charge on any atom is -0.493 e. The largest absolute Gasteiger partial charge is 0.493 e. The van der Waals surface area contributed by atoms with Crippen LogP contribution in [0.1, 0.15) is 30.1 Å². The zero-order chi connectivity index (χ0) is 23.2. The van der Waals surface area contributed by atoms with E-state index in [0.29, 0.717) is 18.8 Å². The van der Waals surface area contributed by atoms with E-state index in [2.05, 4.69) is 36.2 Å². The Morgan fingerprint density at radius 1 is 1.09 bits per heavy atom. The molecule has 2 heterocycles. The summed E-state index contributed by atoms with van der Waals surface area (Å²) in [4.78, 5) is 12.9. The Balaban J connectivity index is 1.43. The first-order valence-electron chi connectivity index (χ1n) is 11.1. The van der Waals surface area contributed by atoms with E-state index >= 15 is 0 Å². The van der Waals surface area contributed by atoms with Gasteiger partial charge in [-0.05, 0) is 61.5 Å². The molecule has 4 unspecified atom stereocenters. The third-order valence-electron chi connectivity index (χ3n) is 7.33. The number of fused-ring (bicyclic) bond motifs is 1. The molecule has 4 atom stereocenters. The topological polar surface area (TPSA) is 83.3 Å². The van der Waals surface area contributed by atoms with Gasteiger partial charge < -0.3 is 23.8 Å². The Kier molecular flexibility index (Phi) is 5.39. The number of nitro groups is 1. The predicted molar refractivity (Wildman–Crippen MR) is 122 cm³/mol. The highest BCUT2D eigenvalue weighted by atomic mass is 16.7. The molecule has 5 rings (SSSR count). The van der Waals surface area contributed by atoms with Crippen LogP contribution in [0.15, 0.2) is 54.6 Å². The van der Waals surface area contributed by atoms with Gasteiger partial charge in [0.05, 0.1) is 25.7 Å². The van der Waals surface area contributed by atoms with Crippen LogP contribution in [0.2, 0.25) is 0 Å². The molecule has 8 heteroatoms. The van der Waals surface area contributed by atoms with Gasteiger partial charge in [-0.15, -0.1) is 0 Å². The highest BCUT2D eigenvalue weighted by Crippen LogP contribution is 2.52. The van der Waals surface area contributed by atoms with Crippen LogP contribution in [-0.2, 0) is 14.9 Å². The molecule has 0 saturated carbocycles. The molecule has 0 aromatic heterocycles. The Morgan fingerprint density at radius 3 is 2.55 bits per heavy atom. The Labute approximate surface area is 192 Å². The van der Waals surface area contributed by atoms with Crippen molar-refractivity contribution in [2.75, 3.05) is 34.4 Å². The van der Waals surface area contributed by atoms with Crippen molar-refractivity contribution < 1.29 is 23.9 Å². The molecule has 174 valence electrons. The van der Waals surface area contributed by atoms with Crippen molar-refractivity contribution in [2.24, 2.45) is 0 Å². The number of nitro benzene ring substituents is 1. The van der Waals surface area contributed by atoms with Crippen LogP contribution >= 0.6 is 0 Å². The fraction of sp³-hybridized carbons (Fsp3) is 0.440. The Hall–Kier alpha value is -2.94. The second-order valence-electron chi connectivity index (χ2n) is 8.97. The average Bonchev–Trinajstić information content (AvgIpc) is 3.41. The Bertz CT molecular complexity index is 1090. The minimum absolute atomic E-state index is 0.0669. The van der Waals surface area contributed by atoms with Gasteiger partial charge in [0.1, 0.15) is 6.10 Å². The quantitative estimate of drug-likeness (QED) is 0.385. The fourth-order valence-electron chi connectivity index (χ4n) is 5.48. The molecule has 2 aromatic carbocycles. The van der Waals surface area contributed by atoms with Crippen LogP contribution < -0.4 is 9.47 Å². The monoisotopic (exact) mass is 452 g/mol. The Morgan fingerprint density at radius 2 is 1.85 bits per heavy atom. The summed E-state index contributed by atoms with van der Waals surface area (Å²) in [6.07, 6.45) is 5.71. The van der Waals surface area contributed by atoms with E-state index in [1.807, 2.05) is 6.07 Å². The number of ether oxygens (including phenoxy) is 4. The minimum atomic E-state index is -0.810. The summed E-state index contributed by atoms with van der Waals surface area (Å²) in [5, 5.41) is 11.0. The van der Waals surface area contributed by atoms with Crippen molar-refractivity contribution in [1.82, 2.24) is 4.90 Å². The number of benzene rings is 2. The summed E-state index contributed by atoms with van der Waals surface area (Å²) in [5.74, 6) is 0.624. The standard InChI is InChI=1S/C25H28N2O6/c1-26-13-12-24(18-6-9-20(30-2)21(14-18)31-3)10-11-25(15-23(24)26)32-16-22(33-25)17-4-7-19(8-5-17)27(28)29/h4-11,14,22-23H,12-13,15-16H2,1-3H3. The van der Waals surface area contributed by atoms with Crippen molar-refractivity contribution >= 4 is 5.69 Å². The third-order valence-corrected chi connectivity index (χ3v) is 7.33. The molecule has 3 aliphatic rings. The molecule has 1 aliphatic carbocycles. The molecule has 0 N–H and O–H groups in total. The summed E-state index contributed by atoms with van der Waals surface area (Å²) in [5.41, 5.74) is 1.96. The first-order valence-corrected chi connectivity index (χ1v) is 11.1. The summed E-state index contributed by atoms with van der Waals surface area (Å²) in [7, 11) is 5.44. The van der Waals surface area contributed by atoms with Gasteiger partial charge in [-0.1, -0.05) is 12.1 Å². The average molecular weight is 453 g/mol. The smallest absolute Gasteiger partial charge is 0.269 e. The van der Waals surface area contributed by atoms with Crippen LogP contribution in [0.25, 0.3) is 0 Å². The van der Waals surface area contributed by atoms with Gasteiger partial charge in [-0.2, -0.15) is 0 Å². The van der Waals surface area contributed by atoms with Gasteiger partial charge in [-0.3, -0.25) is 10.1 Å². The number of likely N-dealkylation sites (tertiary alicyclic amines) is 1. The van der Waals surface area contributed by atoms with Crippen LogP contribution in [-0.4, -0.2) is 56.1 Å². The lowest BCUT2D eigenvalue weighted by molar-refractivity contribution is -0.384. The normalized spacial score (nSPS) is 31.0. The molecule has 0 radical (unpaired) electrons. The van der Waals surface area contributed by atoms with Crippen LogP contribution in [0, 0.1) is 10.1 Å². The number of non-ortho nitro benzene ring substituents is 1. The van der Waals surface area contributed by atoms with Crippen molar-refractivity contribution in [1.29, 1.82) is 0 Å². The maximum Gasteiger partial charge on any atom is 0.269 e. The molecule has 2 aliphatic heterocycles. The molecule has 33 heavy (non-hydrogen) atoms. The number of methoxy groups -OCH3 is 2. The number of hydrogen-bond acceptors (Lipinski definition) is 7. The van der Waals surface area contributed by atoms with E-state index in [0.717, 1.165) is 24.3 Å². The zero-order valence-corrected chi connectivity index (χ0v) is 19.0. The number of rotatable bonds is 5. The summed E-state index contributed by atoms with van der Waals surface area (Å²) in [6, 6.07) is 12.8. The lowest BCUT2D eigenvalue weighted by atomic mass is 9.68. The van der Waals surface area contributed by atoms with E-state index in [1.54, 1.807) is 26.4 Å². The highest BCUT2D eigenvalue weighted by molar-refractivity contribution is 5.49. The molecule has 1 spiro atoms. The van der Waals surface area contributed by atoms with E-state index in [9.17, 15) is 10.1 Å². The number of likely N-dealkylation sites (N-methyl/N-ethyl adjacent to an activating group) is 1. The van der Waals surface area contributed by atoms with E-state index in [1.165, 1.54) is 17.7 Å². The molecule has 2 fully saturated rings. The summed E-state index contributed by atoms with van der Waals surface area (Å²) >= 11 is 0. The molecule has 8 nitrogen and oxygen atoms in total. The first kappa shape index (κ1) is 21.9. The van der Waals surface area contributed by atoms with Gasteiger partial charge in [-0.25, -0.2) is 0 Å². The highest BCUT2D eigenvalue weighted by Gasteiger charge is 2.55. The molecular formula is C25H28N2O6. The molecular weight excluding hydrogens is 424 g/mol. The lowest BCUT2D eigenvalue weighted by Crippen LogP contribution is -2.49. The summed E-state index contributed by atoms with van der Waals surface area (Å²) in [6.45, 7) is 1.37. The number of nitrogens with zero attached hydrogens (tertiary/aromatic N) is 2. The SMILES string of the molecule is COc1ccc(C23C=CC4(CC2N(C)CC3)OCC(c2ccc([N+](=O)[O-])cc2)O4)cc1OC. The second kappa shape index (κ2) is 8.13. The number of hydrogen-bond donors (Lipinski definition) is 0.